The van der Waals surface area contributed by atoms with Crippen molar-refractivity contribution in [3.05, 3.63) is 74.8 Å². The molecule has 0 aromatic heterocycles. The molecule has 0 radical (unpaired) electrons. The van der Waals surface area contributed by atoms with Gasteiger partial charge in [0.15, 0.2) is 23.0 Å². The normalized spacial score (nSPS) is 25.0. The minimum atomic E-state index is -0.746. The van der Waals surface area contributed by atoms with Crippen LogP contribution in [0, 0.1) is 25.2 Å². The number of ether oxygens (including phenoxy) is 4. The van der Waals surface area contributed by atoms with Crippen LogP contribution in [0.15, 0.2) is 30.3 Å². The van der Waals surface area contributed by atoms with Crippen LogP contribution in [0.5, 0.6) is 28.7 Å². The van der Waals surface area contributed by atoms with Crippen molar-refractivity contribution in [1.29, 1.82) is 5.26 Å². The number of methoxy groups -OCH3 is 1. The number of phenols is 1. The van der Waals surface area contributed by atoms with E-state index in [1.165, 1.54) is 18.9 Å². The second kappa shape index (κ2) is 10.4. The SMILES string of the molecule is COc1c(C)cc2c(c1O)C1NC(C2)C(C#N)N2C1Cc1c(OC(C)=O)c(C)c3c(c1[C@@H]2CN1C(=O)c2ccccc2C1=O)OCO3. The minimum absolute atomic E-state index is 0.0265. The number of amides is 2. The Morgan fingerprint density at radius 3 is 2.45 bits per heavy atom. The molecule has 47 heavy (non-hydrogen) atoms. The molecule has 0 spiro atoms. The first-order valence-corrected chi connectivity index (χ1v) is 15.6. The zero-order valence-corrected chi connectivity index (χ0v) is 26.2. The second-order valence-corrected chi connectivity index (χ2v) is 12.7. The number of piperazine rings is 1. The smallest absolute Gasteiger partial charge is 0.308 e. The number of nitriles is 1. The number of aryl methyl sites for hydroxylation is 1. The molecule has 5 heterocycles. The highest BCUT2D eigenvalue weighted by molar-refractivity contribution is 6.21. The highest BCUT2D eigenvalue weighted by Gasteiger charge is 2.55. The monoisotopic (exact) mass is 636 g/mol. The maximum atomic E-state index is 13.7. The fraction of sp³-hybridized carbons (Fsp3) is 0.371. The Morgan fingerprint density at radius 1 is 1.09 bits per heavy atom. The summed E-state index contributed by atoms with van der Waals surface area (Å²) in [7, 11) is 1.51. The van der Waals surface area contributed by atoms with Crippen LogP contribution in [0.2, 0.25) is 0 Å². The van der Waals surface area contributed by atoms with E-state index >= 15 is 0 Å². The van der Waals surface area contributed by atoms with Gasteiger partial charge in [-0.1, -0.05) is 18.2 Å². The van der Waals surface area contributed by atoms with E-state index < -0.39 is 42.0 Å². The number of carbonyl (C=O) groups excluding carboxylic acids is 3. The van der Waals surface area contributed by atoms with Crippen LogP contribution < -0.4 is 24.3 Å². The quantitative estimate of drug-likeness (QED) is 0.246. The highest BCUT2D eigenvalue weighted by Crippen LogP contribution is 2.57. The van der Waals surface area contributed by atoms with Crippen LogP contribution >= 0.6 is 0 Å². The molecule has 3 aromatic rings. The number of nitrogens with one attached hydrogen (secondary N) is 1. The molecular weight excluding hydrogens is 604 g/mol. The number of esters is 1. The van der Waals surface area contributed by atoms with Crippen LogP contribution in [0.4, 0.5) is 0 Å². The van der Waals surface area contributed by atoms with E-state index in [-0.39, 0.29) is 25.1 Å². The van der Waals surface area contributed by atoms with E-state index in [9.17, 15) is 24.8 Å². The van der Waals surface area contributed by atoms with Crippen LogP contribution in [-0.4, -0.2) is 71.3 Å². The van der Waals surface area contributed by atoms with Gasteiger partial charge in [-0.2, -0.15) is 5.26 Å². The Labute approximate surface area is 270 Å². The van der Waals surface area contributed by atoms with Crippen molar-refractivity contribution in [2.45, 2.75) is 63.8 Å². The summed E-state index contributed by atoms with van der Waals surface area (Å²) < 4.78 is 23.4. The summed E-state index contributed by atoms with van der Waals surface area (Å²) in [6.07, 6.45) is 0.758. The number of carbonyl (C=O) groups is 3. The molecular formula is C35H32N4O8. The maximum Gasteiger partial charge on any atom is 0.308 e. The van der Waals surface area contributed by atoms with Gasteiger partial charge < -0.3 is 29.4 Å². The van der Waals surface area contributed by atoms with Gasteiger partial charge in [-0.15, -0.1) is 0 Å². The van der Waals surface area contributed by atoms with Gasteiger partial charge in [0.25, 0.3) is 11.8 Å². The summed E-state index contributed by atoms with van der Waals surface area (Å²) in [5.74, 6) is 0.194. The summed E-state index contributed by atoms with van der Waals surface area (Å²) in [6, 6.07) is 8.49. The molecule has 5 aliphatic rings. The molecule has 12 nitrogen and oxygen atoms in total. The van der Waals surface area contributed by atoms with E-state index in [1.807, 2.05) is 13.0 Å². The molecule has 240 valence electrons. The van der Waals surface area contributed by atoms with Crippen molar-refractivity contribution >= 4 is 17.8 Å². The number of imide groups is 1. The summed E-state index contributed by atoms with van der Waals surface area (Å²) >= 11 is 0. The standard InChI is InChI=1S/C35H32N4O8/c1-15-9-18-10-22-24(12-36)39-23(28(37-22)26(18)29(41)30(15)44-4)11-21-27(33-32(45-14-46-33)16(2)31(21)47-17(3)40)25(39)13-38-34(42)19-7-5-6-8-20(19)35(38)43/h5-9,22-25,28,37,41H,10-11,13-14H2,1-4H3/t22?,23?,24?,25-,28?/m0/s1. The Kier molecular flexibility index (Phi) is 6.51. The Balaban J connectivity index is 1.36. The van der Waals surface area contributed by atoms with Crippen LogP contribution in [0.25, 0.3) is 0 Å². The van der Waals surface area contributed by atoms with Crippen molar-refractivity contribution in [3.8, 4) is 34.8 Å². The third-order valence-electron chi connectivity index (χ3n) is 10.2. The molecule has 0 saturated carbocycles. The molecule has 2 N–H and O–H groups in total. The molecule has 0 aliphatic carbocycles. The maximum absolute atomic E-state index is 13.7. The molecule has 5 atom stereocenters. The molecule has 8 rings (SSSR count). The van der Waals surface area contributed by atoms with Gasteiger partial charge in [-0.3, -0.25) is 24.2 Å². The highest BCUT2D eigenvalue weighted by atomic mass is 16.7. The average molecular weight is 637 g/mol. The number of phenolic OH excluding ortho intramolecular Hbond substituents is 1. The van der Waals surface area contributed by atoms with Crippen LogP contribution in [-0.2, 0) is 17.6 Å². The van der Waals surface area contributed by atoms with E-state index in [0.717, 1.165) is 11.1 Å². The Morgan fingerprint density at radius 2 is 1.79 bits per heavy atom. The fourth-order valence-corrected chi connectivity index (χ4v) is 8.45. The van der Waals surface area contributed by atoms with Gasteiger partial charge in [0, 0.05) is 47.8 Å². The summed E-state index contributed by atoms with van der Waals surface area (Å²) in [5, 5.41) is 26.0. The molecule has 2 bridgehead atoms. The van der Waals surface area contributed by atoms with Gasteiger partial charge in [0.05, 0.1) is 36.4 Å². The van der Waals surface area contributed by atoms with Gasteiger partial charge >= 0.3 is 5.97 Å². The number of hydrogen-bond donors (Lipinski definition) is 2. The number of hydrogen-bond acceptors (Lipinski definition) is 11. The predicted octanol–water partition coefficient (Wildman–Crippen LogP) is 3.40. The molecule has 2 amide bonds. The molecule has 5 aliphatic heterocycles. The largest absolute Gasteiger partial charge is 0.504 e. The van der Waals surface area contributed by atoms with Gasteiger partial charge in [-0.05, 0) is 49.9 Å². The Hall–Kier alpha value is -5.12. The minimum Gasteiger partial charge on any atom is -0.504 e. The number of nitrogens with zero attached hydrogens (tertiary/aromatic N) is 3. The number of benzene rings is 3. The van der Waals surface area contributed by atoms with Crippen LogP contribution in [0.3, 0.4) is 0 Å². The molecule has 1 saturated heterocycles. The zero-order chi connectivity index (χ0) is 32.9. The van der Waals surface area contributed by atoms with E-state index in [0.29, 0.717) is 69.2 Å². The lowest BCUT2D eigenvalue weighted by Gasteiger charge is -2.57. The average Bonchev–Trinajstić information content (AvgIpc) is 3.63. The van der Waals surface area contributed by atoms with Gasteiger partial charge in [0.1, 0.15) is 11.8 Å². The molecule has 12 heteroatoms. The third-order valence-corrected chi connectivity index (χ3v) is 10.2. The van der Waals surface area contributed by atoms with Crippen LogP contribution in [0.1, 0.15) is 73.1 Å². The van der Waals surface area contributed by atoms with Crippen molar-refractivity contribution in [1.82, 2.24) is 15.1 Å². The first-order valence-electron chi connectivity index (χ1n) is 15.6. The van der Waals surface area contributed by atoms with Gasteiger partial charge in [-0.25, -0.2) is 0 Å². The summed E-state index contributed by atoms with van der Waals surface area (Å²) in [5.41, 5.74) is 4.85. The van der Waals surface area contributed by atoms with Gasteiger partial charge in [0.2, 0.25) is 6.79 Å². The van der Waals surface area contributed by atoms with Crippen molar-refractivity contribution in [2.75, 3.05) is 20.4 Å². The molecule has 3 aromatic carbocycles. The van der Waals surface area contributed by atoms with E-state index in [1.54, 1.807) is 31.2 Å². The fourth-order valence-electron chi connectivity index (χ4n) is 8.45. The third kappa shape index (κ3) is 4.03. The lowest BCUT2D eigenvalue weighted by molar-refractivity contribution is -0.132. The van der Waals surface area contributed by atoms with Crippen molar-refractivity contribution < 1.29 is 38.4 Å². The summed E-state index contributed by atoms with van der Waals surface area (Å²) in [4.78, 5) is 43.3. The lowest BCUT2D eigenvalue weighted by Crippen LogP contribution is -2.68. The van der Waals surface area contributed by atoms with E-state index in [4.69, 9.17) is 18.9 Å². The second-order valence-electron chi connectivity index (χ2n) is 12.7. The van der Waals surface area contributed by atoms with E-state index in [2.05, 4.69) is 16.3 Å². The number of aromatic hydroxyl groups is 1. The predicted molar refractivity (Wildman–Crippen MR) is 165 cm³/mol. The first kappa shape index (κ1) is 29.3. The molecule has 1 fully saturated rings. The number of fused-ring (bicyclic) bond motifs is 10. The Bertz CT molecular complexity index is 1930. The lowest BCUT2D eigenvalue weighted by atomic mass is 9.72. The van der Waals surface area contributed by atoms with Crippen molar-refractivity contribution in [2.24, 2.45) is 0 Å². The zero-order valence-electron chi connectivity index (χ0n) is 26.2. The summed E-state index contributed by atoms with van der Waals surface area (Å²) in [6.45, 7) is 4.83. The molecule has 4 unspecified atom stereocenters. The number of rotatable bonds is 4. The first-order chi connectivity index (χ1) is 22.6. The topological polar surface area (TPSA) is 151 Å². The van der Waals surface area contributed by atoms with Crippen molar-refractivity contribution in [3.63, 3.8) is 0 Å².